The van der Waals surface area contributed by atoms with Crippen molar-refractivity contribution in [3.05, 3.63) is 182 Å². The summed E-state index contributed by atoms with van der Waals surface area (Å²) in [5.41, 5.74) is 0. The van der Waals surface area contributed by atoms with Gasteiger partial charge in [-0.15, -0.1) is 0 Å². The highest BCUT2D eigenvalue weighted by atomic mass is 16.6. The Morgan fingerprint density at radius 1 is 0.273 bits per heavy atom. The van der Waals surface area contributed by atoms with Crippen molar-refractivity contribution in [2.24, 2.45) is 0 Å². The van der Waals surface area contributed by atoms with Gasteiger partial charge in [-0.1, -0.05) is 248 Å². The minimum absolute atomic E-state index is 0.109. The second-order valence-electron chi connectivity index (χ2n) is 19.1. The van der Waals surface area contributed by atoms with Gasteiger partial charge in [0.25, 0.3) is 0 Å². The molecule has 428 valence electrons. The molecule has 0 heterocycles. The zero-order chi connectivity index (χ0) is 55.7. The van der Waals surface area contributed by atoms with Crippen LogP contribution in [-0.2, 0) is 28.6 Å². The maximum absolute atomic E-state index is 12.8. The molecule has 6 nitrogen and oxygen atoms in total. The van der Waals surface area contributed by atoms with Crippen molar-refractivity contribution in [3.63, 3.8) is 0 Å². The third-order valence-corrected chi connectivity index (χ3v) is 11.9. The lowest BCUT2D eigenvalue weighted by atomic mass is 10.1. The summed E-state index contributed by atoms with van der Waals surface area (Å²) in [5.74, 6) is -1.00. The topological polar surface area (TPSA) is 78.9 Å². The Morgan fingerprint density at radius 3 is 0.818 bits per heavy atom. The van der Waals surface area contributed by atoms with Crippen LogP contribution >= 0.6 is 0 Å². The molecule has 0 spiro atoms. The van der Waals surface area contributed by atoms with Crippen molar-refractivity contribution in [2.75, 3.05) is 13.2 Å². The second kappa shape index (κ2) is 63.0. The van der Waals surface area contributed by atoms with Crippen molar-refractivity contribution >= 4 is 17.9 Å². The van der Waals surface area contributed by atoms with Crippen LogP contribution in [0.4, 0.5) is 0 Å². The van der Waals surface area contributed by atoms with Crippen LogP contribution < -0.4 is 0 Å². The summed E-state index contributed by atoms with van der Waals surface area (Å²) in [6.45, 7) is 6.25. The quantitative estimate of drug-likeness (QED) is 0.0261. The van der Waals surface area contributed by atoms with Gasteiger partial charge in [-0.05, 0) is 141 Å². The van der Waals surface area contributed by atoms with Crippen molar-refractivity contribution in [1.29, 1.82) is 0 Å². The molecule has 0 bridgehead atoms. The highest BCUT2D eigenvalue weighted by Gasteiger charge is 2.19. The first-order chi connectivity index (χ1) is 38.0. The minimum Gasteiger partial charge on any atom is -0.462 e. The Hall–Kier alpha value is -5.49. The SMILES string of the molecule is CC/C=C\C/C=C\C/C=C\C/C=C\C/C=C\C/C=C\C/C=C\C/C=C\C/C=C\C/C=C\CCCCC(=O)OCC(COC(=O)CCCCCCC)OC(=O)CCCCCCC/C=C\C/C=C\C/C=C\C/C=C\C/C=C\CC. The predicted octanol–water partition coefficient (Wildman–Crippen LogP) is 20.9. The number of esters is 3. The van der Waals surface area contributed by atoms with Gasteiger partial charge in [0.2, 0.25) is 0 Å². The third kappa shape index (κ3) is 61.2. The zero-order valence-corrected chi connectivity index (χ0v) is 48.9. The van der Waals surface area contributed by atoms with E-state index in [1.165, 1.54) is 0 Å². The largest absolute Gasteiger partial charge is 0.462 e. The number of allylic oxidation sites excluding steroid dienone is 30. The summed E-state index contributed by atoms with van der Waals surface area (Å²) in [5, 5.41) is 0. The molecule has 0 N–H and O–H groups in total. The molecule has 0 saturated heterocycles. The van der Waals surface area contributed by atoms with Crippen LogP contribution in [0.1, 0.15) is 226 Å². The lowest BCUT2D eigenvalue weighted by molar-refractivity contribution is -0.167. The molecular weight excluding hydrogens is 949 g/mol. The molecule has 1 unspecified atom stereocenters. The molecule has 0 fully saturated rings. The first kappa shape index (κ1) is 71.5. The first-order valence-electron chi connectivity index (χ1n) is 30.3. The highest BCUT2D eigenvalue weighted by Crippen LogP contribution is 2.12. The number of hydrogen-bond donors (Lipinski definition) is 0. The number of hydrogen-bond acceptors (Lipinski definition) is 6. The first-order valence-corrected chi connectivity index (χ1v) is 30.3. The molecular formula is C71H108O6. The fraction of sp³-hybridized carbons (Fsp3) is 0.535. The summed E-state index contributed by atoms with van der Waals surface area (Å²) in [6, 6.07) is 0. The van der Waals surface area contributed by atoms with Crippen molar-refractivity contribution in [2.45, 2.75) is 232 Å². The van der Waals surface area contributed by atoms with Gasteiger partial charge in [0.15, 0.2) is 6.10 Å². The summed E-state index contributed by atoms with van der Waals surface area (Å²) in [4.78, 5) is 37.8. The molecule has 0 amide bonds. The Morgan fingerprint density at radius 2 is 0.506 bits per heavy atom. The lowest BCUT2D eigenvalue weighted by Crippen LogP contribution is -2.30. The van der Waals surface area contributed by atoms with E-state index in [1.807, 2.05) is 0 Å². The summed E-state index contributed by atoms with van der Waals surface area (Å²) in [6.07, 6.45) is 95.1. The Kier molecular flexibility index (Phi) is 58.6. The molecule has 0 aromatic heterocycles. The van der Waals surface area contributed by atoms with Crippen molar-refractivity contribution in [3.8, 4) is 0 Å². The molecule has 77 heavy (non-hydrogen) atoms. The molecule has 0 radical (unpaired) electrons. The van der Waals surface area contributed by atoms with Crippen LogP contribution in [0.15, 0.2) is 182 Å². The van der Waals surface area contributed by atoms with Crippen LogP contribution in [0.2, 0.25) is 0 Å². The molecule has 0 rings (SSSR count). The van der Waals surface area contributed by atoms with Gasteiger partial charge in [0.1, 0.15) is 13.2 Å². The van der Waals surface area contributed by atoms with E-state index in [-0.39, 0.29) is 44.0 Å². The molecule has 0 aromatic carbocycles. The smallest absolute Gasteiger partial charge is 0.306 e. The second-order valence-corrected chi connectivity index (χ2v) is 19.1. The molecule has 0 aliphatic rings. The monoisotopic (exact) mass is 1060 g/mol. The number of ether oxygens (including phenoxy) is 3. The summed E-state index contributed by atoms with van der Waals surface area (Å²) < 4.78 is 16.7. The Balaban J connectivity index is 4.25. The average Bonchev–Trinajstić information content (AvgIpc) is 3.43. The van der Waals surface area contributed by atoms with Crippen LogP contribution in [0, 0.1) is 0 Å². The maximum atomic E-state index is 12.8. The fourth-order valence-corrected chi connectivity index (χ4v) is 7.44. The van der Waals surface area contributed by atoms with Gasteiger partial charge >= 0.3 is 17.9 Å². The third-order valence-electron chi connectivity index (χ3n) is 11.9. The van der Waals surface area contributed by atoms with Crippen LogP contribution in [-0.4, -0.2) is 37.2 Å². The molecule has 0 saturated carbocycles. The normalized spacial score (nSPS) is 13.4. The summed E-state index contributed by atoms with van der Waals surface area (Å²) in [7, 11) is 0. The van der Waals surface area contributed by atoms with Gasteiger partial charge in [-0.25, -0.2) is 0 Å². The number of carbonyl (C=O) groups is 3. The number of unbranched alkanes of at least 4 members (excludes halogenated alkanes) is 11. The molecule has 6 heteroatoms. The van der Waals surface area contributed by atoms with Crippen LogP contribution in [0.5, 0.6) is 0 Å². The Bertz CT molecular complexity index is 1840. The van der Waals surface area contributed by atoms with Gasteiger partial charge in [-0.3, -0.25) is 14.4 Å². The van der Waals surface area contributed by atoms with Crippen molar-refractivity contribution in [1.82, 2.24) is 0 Å². The molecule has 0 aliphatic heterocycles. The summed E-state index contributed by atoms with van der Waals surface area (Å²) >= 11 is 0. The van der Waals surface area contributed by atoms with Crippen LogP contribution in [0.3, 0.4) is 0 Å². The van der Waals surface area contributed by atoms with Gasteiger partial charge in [0.05, 0.1) is 0 Å². The maximum Gasteiger partial charge on any atom is 0.306 e. The number of carbonyl (C=O) groups excluding carboxylic acids is 3. The average molecular weight is 1060 g/mol. The highest BCUT2D eigenvalue weighted by molar-refractivity contribution is 5.71. The van der Waals surface area contributed by atoms with E-state index in [0.29, 0.717) is 12.8 Å². The van der Waals surface area contributed by atoms with Crippen LogP contribution in [0.25, 0.3) is 0 Å². The predicted molar refractivity (Wildman–Crippen MR) is 334 cm³/mol. The van der Waals surface area contributed by atoms with E-state index in [4.69, 9.17) is 14.2 Å². The van der Waals surface area contributed by atoms with Crippen molar-refractivity contribution < 1.29 is 28.6 Å². The van der Waals surface area contributed by atoms with E-state index in [1.54, 1.807) is 0 Å². The lowest BCUT2D eigenvalue weighted by Gasteiger charge is -2.18. The van der Waals surface area contributed by atoms with E-state index >= 15 is 0 Å². The fourth-order valence-electron chi connectivity index (χ4n) is 7.44. The Labute approximate surface area is 472 Å². The standard InChI is InChI=1S/C71H108O6/c1-4-7-10-13-15-17-19-21-23-25-27-29-30-31-32-33-34-35-36-37-38-39-40-42-43-45-47-49-51-53-55-58-61-64-70(73)76-67-68(66-75-69(72)63-60-57-12-9-6-3)77-71(74)65-62-59-56-54-52-50-48-46-44-41-28-26-24-22-20-18-16-14-11-8-5-2/h7-8,10-11,15-18,21-24,27-29,31-32,34-35,37-38,40-42,45-48,51,53,68H,4-6,9,12-14,19-20,25-26,30,33,36,39,43-44,49-50,52,54-67H2,1-3H3/b10-7-,11-8-,17-15-,18-16-,23-21-,24-22-,29-27-,32-31-,35-34-,38-37-,41-28-,42-40-,47-45-,48-46-,53-51-. The molecule has 0 aliphatic carbocycles. The van der Waals surface area contributed by atoms with E-state index in [9.17, 15) is 14.4 Å². The zero-order valence-electron chi connectivity index (χ0n) is 48.9. The van der Waals surface area contributed by atoms with Gasteiger partial charge in [-0.2, -0.15) is 0 Å². The van der Waals surface area contributed by atoms with E-state index < -0.39 is 6.10 Å². The molecule has 0 aromatic rings. The van der Waals surface area contributed by atoms with E-state index in [2.05, 4.69) is 203 Å². The van der Waals surface area contributed by atoms with Gasteiger partial charge in [0, 0.05) is 19.3 Å². The number of rotatable bonds is 52. The van der Waals surface area contributed by atoms with Gasteiger partial charge < -0.3 is 14.2 Å². The van der Waals surface area contributed by atoms with E-state index in [0.717, 1.165) is 180 Å². The minimum atomic E-state index is -0.813. The molecule has 1 atom stereocenters.